The zero-order valence-electron chi connectivity index (χ0n) is 5.96. The Kier molecular flexibility index (Phi) is 2.55. The Labute approximate surface area is 76.6 Å². The van der Waals surface area contributed by atoms with Crippen LogP contribution in [0.5, 0.6) is 0 Å². The summed E-state index contributed by atoms with van der Waals surface area (Å²) in [4.78, 5) is 11.4. The van der Waals surface area contributed by atoms with Gasteiger partial charge in [0.25, 0.3) is 0 Å². The van der Waals surface area contributed by atoms with E-state index >= 15 is 0 Å². The number of nitrogens with two attached hydrogens (primary N) is 1. The average Bonchev–Trinajstić information content (AvgIpc) is 2.28. The van der Waals surface area contributed by atoms with Crippen LogP contribution >= 0.6 is 11.3 Å². The highest BCUT2D eigenvalue weighted by atomic mass is 32.1. The van der Waals surface area contributed by atoms with Crippen molar-refractivity contribution in [2.75, 3.05) is 12.8 Å². The monoisotopic (exact) mass is 183 g/mol. The summed E-state index contributed by atoms with van der Waals surface area (Å²) in [5.74, 6) is -0.374. The Morgan fingerprint density at radius 3 is 2.82 bits per heavy atom. The van der Waals surface area contributed by atoms with Crippen molar-refractivity contribution in [3.05, 3.63) is 10.9 Å². The molecule has 0 saturated heterocycles. The van der Waals surface area contributed by atoms with Crippen molar-refractivity contribution in [2.24, 2.45) is 0 Å². The maximum absolute atomic E-state index is 10.9. The minimum atomic E-state index is -0.374. The Hall–Kier alpha value is -0.498. The third-order valence-corrected chi connectivity index (χ3v) is 2.63. The second-order valence-corrected chi connectivity index (χ2v) is 4.05. The van der Waals surface area contributed by atoms with E-state index in [0.29, 0.717) is 10.6 Å². The van der Waals surface area contributed by atoms with E-state index in [1.807, 2.05) is 0 Å². The van der Waals surface area contributed by atoms with E-state index in [-0.39, 0.29) is 5.97 Å². The van der Waals surface area contributed by atoms with Crippen molar-refractivity contribution in [1.29, 1.82) is 0 Å². The second-order valence-electron chi connectivity index (χ2n) is 1.92. The summed E-state index contributed by atoms with van der Waals surface area (Å²) in [6.07, 6.45) is 0. The Bertz CT molecular complexity index is 284. The number of methoxy groups -OCH3 is 1. The van der Waals surface area contributed by atoms with Gasteiger partial charge in [-0.2, -0.15) is 11.3 Å². The number of thiophene rings is 1. The van der Waals surface area contributed by atoms with Gasteiger partial charge in [-0.05, 0) is 6.07 Å². The fraction of sp³-hybridized carbons (Fsp3) is 0.167. The molecule has 1 aromatic heterocycles. The fourth-order valence-electron chi connectivity index (χ4n) is 0.677. The lowest BCUT2D eigenvalue weighted by atomic mass is 10.4. The smallest absolute Gasteiger partial charge is 0.350 e. The van der Waals surface area contributed by atoms with Gasteiger partial charge in [-0.1, -0.05) is 3.74 Å². The lowest BCUT2D eigenvalue weighted by Crippen LogP contribution is -2.01. The summed E-state index contributed by atoms with van der Waals surface area (Å²) >= 11 is 3.79. The van der Waals surface area contributed by atoms with E-state index in [0.717, 1.165) is 3.74 Å². The van der Waals surface area contributed by atoms with E-state index in [1.54, 1.807) is 6.07 Å². The zero-order valence-corrected chi connectivity index (χ0v) is 7.93. The van der Waals surface area contributed by atoms with Crippen LogP contribution in [0.4, 0.5) is 5.69 Å². The third kappa shape index (κ3) is 1.75. The SMILES string of the molecule is COC(=O)c1s[c]([Al])cc1N. The summed E-state index contributed by atoms with van der Waals surface area (Å²) in [7, 11) is 1.34. The Balaban J connectivity index is 3.03. The maximum atomic E-state index is 10.9. The molecule has 2 N–H and O–H groups in total. The second kappa shape index (κ2) is 3.27. The minimum absolute atomic E-state index is 0.374. The van der Waals surface area contributed by atoms with E-state index < -0.39 is 0 Å². The van der Waals surface area contributed by atoms with Gasteiger partial charge in [-0.3, -0.25) is 0 Å². The molecule has 0 aromatic carbocycles. The minimum Gasteiger partial charge on any atom is -0.465 e. The van der Waals surface area contributed by atoms with Crippen molar-refractivity contribution >= 4 is 43.0 Å². The quantitative estimate of drug-likeness (QED) is 0.489. The number of anilines is 1. The summed E-state index contributed by atoms with van der Waals surface area (Å²) in [5.41, 5.74) is 5.99. The molecule has 11 heavy (non-hydrogen) atoms. The number of hydrogen-bond acceptors (Lipinski definition) is 4. The molecule has 0 atom stereocenters. The van der Waals surface area contributed by atoms with E-state index in [4.69, 9.17) is 5.73 Å². The molecule has 3 nitrogen and oxygen atoms in total. The number of hydrogen-bond donors (Lipinski definition) is 1. The van der Waals surface area contributed by atoms with Crippen LogP contribution in [0, 0.1) is 0 Å². The summed E-state index contributed by atoms with van der Waals surface area (Å²) in [6.45, 7) is 0. The topological polar surface area (TPSA) is 52.3 Å². The summed E-state index contributed by atoms with van der Waals surface area (Å²) in [6, 6.07) is 1.72. The van der Waals surface area contributed by atoms with Gasteiger partial charge >= 0.3 is 5.97 Å². The van der Waals surface area contributed by atoms with Crippen LogP contribution in [-0.4, -0.2) is 29.4 Å². The number of esters is 1. The number of carbonyl (C=O) groups excluding carboxylic acids is 1. The summed E-state index contributed by atoms with van der Waals surface area (Å²) in [5, 5.41) is 0. The first-order valence-corrected chi connectivity index (χ1v) is 4.27. The normalized spacial score (nSPS) is 9.55. The average molecular weight is 183 g/mol. The first-order chi connectivity index (χ1) is 5.15. The molecular formula is C6H6AlNO2S. The van der Waals surface area contributed by atoms with Crippen LogP contribution in [0.2, 0.25) is 0 Å². The highest BCUT2D eigenvalue weighted by molar-refractivity contribution is 7.22. The van der Waals surface area contributed by atoms with Crippen LogP contribution < -0.4 is 9.47 Å². The predicted octanol–water partition coefficient (Wildman–Crippen LogP) is -0.0893. The molecule has 5 heteroatoms. The number of ether oxygens (including phenoxy) is 1. The van der Waals surface area contributed by atoms with E-state index in [9.17, 15) is 4.79 Å². The molecule has 1 aromatic rings. The van der Waals surface area contributed by atoms with Crippen molar-refractivity contribution in [3.8, 4) is 0 Å². The molecular weight excluding hydrogens is 177 g/mol. The van der Waals surface area contributed by atoms with Gasteiger partial charge in [0.2, 0.25) is 0 Å². The standard InChI is InChI=1S/C6H6NO2S.Al/c1-9-6(8)5-4(7)2-3-10-5;/h2H,7H2,1H3;. The molecule has 0 fully saturated rings. The van der Waals surface area contributed by atoms with Gasteiger partial charge < -0.3 is 10.5 Å². The van der Waals surface area contributed by atoms with Crippen LogP contribution in [0.3, 0.4) is 0 Å². The molecule has 0 bridgehead atoms. The molecule has 1 rings (SSSR count). The maximum Gasteiger partial charge on any atom is 0.350 e. The molecule has 0 unspecified atom stereocenters. The Morgan fingerprint density at radius 2 is 2.45 bits per heavy atom. The van der Waals surface area contributed by atoms with Crippen molar-refractivity contribution in [3.63, 3.8) is 0 Å². The third-order valence-electron chi connectivity index (χ3n) is 1.15. The lowest BCUT2D eigenvalue weighted by molar-refractivity contribution is 0.0607. The highest BCUT2D eigenvalue weighted by Crippen LogP contribution is 2.16. The van der Waals surface area contributed by atoms with Crippen LogP contribution in [0.25, 0.3) is 0 Å². The van der Waals surface area contributed by atoms with Crippen molar-refractivity contribution in [2.45, 2.75) is 0 Å². The van der Waals surface area contributed by atoms with Gasteiger partial charge in [0.1, 0.15) is 4.88 Å². The van der Waals surface area contributed by atoms with Crippen molar-refractivity contribution < 1.29 is 9.53 Å². The number of nitrogen functional groups attached to an aromatic ring is 1. The molecule has 0 spiro atoms. The number of rotatable bonds is 1. The molecule has 56 valence electrons. The largest absolute Gasteiger partial charge is 0.465 e. The van der Waals surface area contributed by atoms with Gasteiger partial charge in [0, 0.05) is 0 Å². The highest BCUT2D eigenvalue weighted by Gasteiger charge is 2.11. The molecule has 0 amide bonds. The first-order valence-electron chi connectivity index (χ1n) is 2.88. The van der Waals surface area contributed by atoms with Gasteiger partial charge in [-0.15, -0.1) is 0 Å². The van der Waals surface area contributed by atoms with E-state index in [2.05, 4.69) is 21.0 Å². The number of carbonyl (C=O) groups is 1. The molecule has 0 aliphatic rings. The molecule has 0 aliphatic carbocycles. The lowest BCUT2D eigenvalue weighted by Gasteiger charge is -1.94. The molecule has 1 heterocycles. The van der Waals surface area contributed by atoms with Gasteiger partial charge in [0.15, 0.2) is 16.3 Å². The van der Waals surface area contributed by atoms with Gasteiger partial charge in [0.05, 0.1) is 12.8 Å². The first kappa shape index (κ1) is 8.60. The predicted molar refractivity (Wildman–Crippen MR) is 45.5 cm³/mol. The van der Waals surface area contributed by atoms with Crippen LogP contribution in [0.15, 0.2) is 6.07 Å². The summed E-state index contributed by atoms with van der Waals surface area (Å²) < 4.78 is 5.45. The van der Waals surface area contributed by atoms with Gasteiger partial charge in [-0.25, -0.2) is 4.79 Å². The van der Waals surface area contributed by atoms with E-state index in [1.165, 1.54) is 18.4 Å². The molecule has 2 radical (unpaired) electrons. The fourth-order valence-corrected chi connectivity index (χ4v) is 1.98. The Morgan fingerprint density at radius 1 is 1.82 bits per heavy atom. The zero-order chi connectivity index (χ0) is 8.43. The van der Waals surface area contributed by atoms with Crippen LogP contribution in [-0.2, 0) is 4.74 Å². The van der Waals surface area contributed by atoms with Crippen LogP contribution in [0.1, 0.15) is 9.67 Å². The molecule has 0 aliphatic heterocycles. The van der Waals surface area contributed by atoms with Crippen molar-refractivity contribution in [1.82, 2.24) is 0 Å². The molecule has 0 saturated carbocycles.